The first-order valence-corrected chi connectivity index (χ1v) is 17.9. The van der Waals surface area contributed by atoms with Crippen molar-refractivity contribution < 1.29 is 67.0 Å². The summed E-state index contributed by atoms with van der Waals surface area (Å²) in [5.74, 6) is 0.630. The lowest BCUT2D eigenvalue weighted by molar-refractivity contribution is -0.321. The lowest BCUT2D eigenvalue weighted by atomic mass is 10.1. The van der Waals surface area contributed by atoms with Gasteiger partial charge in [-0.05, 0) is 37.2 Å². The zero-order chi connectivity index (χ0) is 35.1. The maximum Gasteiger partial charge on any atom is 0.434 e. The Hall–Kier alpha value is -0.710. The lowest BCUT2D eigenvalue weighted by Crippen LogP contribution is -2.45. The Morgan fingerprint density at radius 2 is 0.783 bits per heavy atom. The molecule has 0 saturated heterocycles. The number of halogens is 12. The van der Waals surface area contributed by atoms with Crippen molar-refractivity contribution in [1.82, 2.24) is 0 Å². The van der Waals surface area contributed by atoms with E-state index in [0.29, 0.717) is 12.8 Å². The Morgan fingerprint density at radius 3 is 1.15 bits per heavy atom. The van der Waals surface area contributed by atoms with E-state index in [0.717, 1.165) is 100 Å². The summed E-state index contributed by atoms with van der Waals surface area (Å²) in [6.45, 7) is -0.571. The monoisotopic (exact) mass is 734 g/mol. The second-order valence-electron chi connectivity index (χ2n) is 11.0. The van der Waals surface area contributed by atoms with Crippen LogP contribution in [0.2, 0.25) is 0 Å². The minimum atomic E-state index is -5.70. The van der Waals surface area contributed by atoms with Crippen molar-refractivity contribution in [1.29, 1.82) is 0 Å². The highest BCUT2D eigenvalue weighted by atomic mass is 32.2. The van der Waals surface area contributed by atoms with Crippen LogP contribution in [0.15, 0.2) is 0 Å². The van der Waals surface area contributed by atoms with Crippen molar-refractivity contribution in [3.05, 3.63) is 0 Å². The number of hydrogen-bond acceptors (Lipinski definition) is 5. The van der Waals surface area contributed by atoms with Crippen LogP contribution in [0.1, 0.15) is 116 Å². The van der Waals surface area contributed by atoms with Crippen molar-refractivity contribution in [2.45, 2.75) is 152 Å². The zero-order valence-corrected chi connectivity index (χ0v) is 27.4. The Balaban J connectivity index is 3.43. The summed E-state index contributed by atoms with van der Waals surface area (Å²) in [7, 11) is 0. The van der Waals surface area contributed by atoms with E-state index in [2.05, 4.69) is 9.47 Å². The fraction of sp³-hybridized carbons (Fsp3) is 0.966. The minimum Gasteiger partial charge on any atom is -0.443 e. The van der Waals surface area contributed by atoms with Gasteiger partial charge in [0.15, 0.2) is 0 Å². The smallest absolute Gasteiger partial charge is 0.434 e. The van der Waals surface area contributed by atoms with E-state index in [4.69, 9.17) is 0 Å². The molecule has 0 atom stereocenters. The van der Waals surface area contributed by atoms with Crippen LogP contribution in [0.3, 0.4) is 0 Å². The van der Waals surface area contributed by atoms with E-state index < -0.39 is 55.9 Å². The van der Waals surface area contributed by atoms with Gasteiger partial charge < -0.3 is 9.47 Å². The minimum absolute atomic E-state index is 0.159. The van der Waals surface area contributed by atoms with Gasteiger partial charge in [0.1, 0.15) is 0 Å². The summed E-state index contributed by atoms with van der Waals surface area (Å²) in [5, 5.41) is 1.02. The van der Waals surface area contributed by atoms with Crippen LogP contribution >= 0.6 is 23.5 Å². The molecule has 0 radical (unpaired) electrons. The first kappa shape index (κ1) is 45.3. The molecule has 0 saturated carbocycles. The number of thioether (sulfide) groups is 2. The molecule has 0 aromatic heterocycles. The van der Waals surface area contributed by atoms with Gasteiger partial charge in [-0.15, -0.1) is 0 Å². The molecule has 0 fully saturated rings. The van der Waals surface area contributed by atoms with Crippen LogP contribution in [0.25, 0.3) is 0 Å². The maximum absolute atomic E-state index is 12.4. The van der Waals surface area contributed by atoms with Crippen LogP contribution in [0, 0.1) is 0 Å². The molecule has 0 N–H and O–H groups in total. The average molecular weight is 735 g/mol. The summed E-state index contributed by atoms with van der Waals surface area (Å²) in [6, 6.07) is 0. The molecular formula is C29H46F12O3S2. The van der Waals surface area contributed by atoms with Gasteiger partial charge in [0.25, 0.3) is 6.10 Å². The van der Waals surface area contributed by atoms with Gasteiger partial charge in [-0.3, -0.25) is 4.79 Å². The summed E-state index contributed by atoms with van der Waals surface area (Å²) in [6.07, 6.45) is -16.5. The Kier molecular flexibility index (Phi) is 24.1. The van der Waals surface area contributed by atoms with Crippen molar-refractivity contribution in [2.75, 3.05) is 23.2 Å². The fourth-order valence-electron chi connectivity index (χ4n) is 4.34. The first-order chi connectivity index (χ1) is 21.4. The van der Waals surface area contributed by atoms with E-state index in [1.165, 1.54) is 0 Å². The SMILES string of the molecule is O=C(CCCCCCCCCCSCSCCCCCCCCCCCOC(C(F)(F)F)C(F)(F)F)OC(C(F)(F)F)C(F)(F)F. The maximum atomic E-state index is 12.4. The van der Waals surface area contributed by atoms with Crippen molar-refractivity contribution in [2.24, 2.45) is 0 Å². The number of carbonyl (C=O) groups is 1. The predicted molar refractivity (Wildman–Crippen MR) is 157 cm³/mol. The average Bonchev–Trinajstić information content (AvgIpc) is 2.91. The molecule has 0 aliphatic carbocycles. The van der Waals surface area contributed by atoms with Crippen molar-refractivity contribution >= 4 is 29.5 Å². The van der Waals surface area contributed by atoms with E-state index in [9.17, 15) is 57.5 Å². The van der Waals surface area contributed by atoms with Crippen LogP contribution in [-0.2, 0) is 14.3 Å². The molecule has 0 aromatic rings. The highest BCUT2D eigenvalue weighted by Gasteiger charge is 2.60. The van der Waals surface area contributed by atoms with Crippen LogP contribution in [0.5, 0.6) is 0 Å². The molecule has 0 aliphatic rings. The molecule has 0 spiro atoms. The molecule has 46 heavy (non-hydrogen) atoms. The molecule has 0 rings (SSSR count). The Bertz CT molecular complexity index is 732. The molecule has 0 heterocycles. The highest BCUT2D eigenvalue weighted by Crippen LogP contribution is 2.37. The summed E-state index contributed by atoms with van der Waals surface area (Å²) in [4.78, 5) is 11.3. The molecule has 0 bridgehead atoms. The summed E-state index contributed by atoms with van der Waals surface area (Å²) < 4.78 is 156. The number of alkyl halides is 12. The standard InChI is InChI=1S/C29H46F12O3S2/c30-26(31,32)24(27(33,34)35)43-19-15-11-7-3-1-4-8-12-16-20-45-22-46-21-17-13-9-5-2-6-10-14-18-23(42)44-25(28(36,37)38)29(39,40)41/h24-25H,1-22H2. The Morgan fingerprint density at radius 1 is 0.457 bits per heavy atom. The quantitative estimate of drug-likeness (QED) is 0.0363. The first-order valence-electron chi connectivity index (χ1n) is 15.6. The summed E-state index contributed by atoms with van der Waals surface area (Å²) in [5.41, 5.74) is 0. The third-order valence-corrected chi connectivity index (χ3v) is 9.23. The van der Waals surface area contributed by atoms with Gasteiger partial charge >= 0.3 is 30.7 Å². The second kappa shape index (κ2) is 24.4. The van der Waals surface area contributed by atoms with E-state index in [1.807, 2.05) is 23.5 Å². The third-order valence-electron chi connectivity index (χ3n) is 6.74. The molecular weight excluding hydrogens is 688 g/mol. The van der Waals surface area contributed by atoms with Gasteiger partial charge in [0.05, 0.1) is 0 Å². The van der Waals surface area contributed by atoms with E-state index in [-0.39, 0.29) is 12.8 Å². The molecule has 17 heteroatoms. The zero-order valence-electron chi connectivity index (χ0n) is 25.8. The largest absolute Gasteiger partial charge is 0.443 e. The summed E-state index contributed by atoms with van der Waals surface area (Å²) >= 11 is 3.77. The molecule has 3 nitrogen and oxygen atoms in total. The van der Waals surface area contributed by atoms with Gasteiger partial charge in [-0.2, -0.15) is 76.2 Å². The van der Waals surface area contributed by atoms with Gasteiger partial charge in [-0.1, -0.05) is 83.5 Å². The highest BCUT2D eigenvalue weighted by molar-refractivity contribution is 8.15. The van der Waals surface area contributed by atoms with Gasteiger partial charge in [0.2, 0.25) is 6.10 Å². The number of rotatable bonds is 27. The van der Waals surface area contributed by atoms with Crippen molar-refractivity contribution in [3.63, 3.8) is 0 Å². The number of esters is 1. The topological polar surface area (TPSA) is 35.5 Å². The van der Waals surface area contributed by atoms with E-state index in [1.54, 1.807) is 0 Å². The fourth-order valence-corrected chi connectivity index (χ4v) is 6.57. The van der Waals surface area contributed by atoms with E-state index >= 15 is 0 Å². The molecule has 0 unspecified atom stereocenters. The van der Waals surface area contributed by atoms with Gasteiger partial charge in [-0.25, -0.2) is 0 Å². The molecule has 0 amide bonds. The number of carbonyl (C=O) groups excluding carboxylic acids is 1. The van der Waals surface area contributed by atoms with Crippen molar-refractivity contribution in [3.8, 4) is 0 Å². The second-order valence-corrected chi connectivity index (χ2v) is 13.6. The number of unbranched alkanes of at least 4 members (excludes halogenated alkanes) is 15. The molecule has 0 aromatic carbocycles. The predicted octanol–water partition coefficient (Wildman–Crippen LogP) is 12.0. The number of ether oxygens (including phenoxy) is 2. The normalized spacial score (nSPS) is 13.3. The molecule has 276 valence electrons. The number of hydrogen-bond donors (Lipinski definition) is 0. The Labute approximate surface area is 272 Å². The lowest BCUT2D eigenvalue weighted by Gasteiger charge is -2.23. The van der Waals surface area contributed by atoms with Crippen LogP contribution < -0.4 is 0 Å². The molecule has 0 aliphatic heterocycles. The van der Waals surface area contributed by atoms with Gasteiger partial charge in [0, 0.05) is 18.1 Å². The van der Waals surface area contributed by atoms with Crippen LogP contribution in [0.4, 0.5) is 52.7 Å². The third kappa shape index (κ3) is 25.3. The van der Waals surface area contributed by atoms with Crippen LogP contribution in [-0.4, -0.2) is 66.1 Å².